The Balaban J connectivity index is 3.25. The molecule has 0 aromatic heterocycles. The van der Waals surface area contributed by atoms with Crippen molar-refractivity contribution in [3.63, 3.8) is 0 Å². The highest BCUT2D eigenvalue weighted by molar-refractivity contribution is 5.40. The van der Waals surface area contributed by atoms with Crippen LogP contribution in [0, 0.1) is 0 Å². The minimum absolute atomic E-state index is 0.0445. The topological polar surface area (TPSA) is 35.2 Å². The van der Waals surface area contributed by atoms with Crippen molar-refractivity contribution >= 4 is 0 Å². The molecule has 1 rings (SSSR count). The fraction of sp³-hybridized carbons (Fsp3) is 0.647. The zero-order valence-corrected chi connectivity index (χ0v) is 13.5. The number of ether oxygens (including phenoxy) is 1. The van der Waals surface area contributed by atoms with Crippen LogP contribution in [0.25, 0.3) is 0 Å². The van der Waals surface area contributed by atoms with Gasteiger partial charge in [0.2, 0.25) is 0 Å². The summed E-state index contributed by atoms with van der Waals surface area (Å²) < 4.78 is 5.91. The van der Waals surface area contributed by atoms with Gasteiger partial charge in [-0.1, -0.05) is 47.6 Å². The molecule has 0 heterocycles. The molecule has 0 aliphatic rings. The molecule has 1 aromatic rings. The first kappa shape index (κ1) is 16.0. The predicted molar refractivity (Wildman–Crippen MR) is 83.0 cm³/mol. The van der Waals surface area contributed by atoms with E-state index in [4.69, 9.17) is 10.5 Å². The minimum Gasteiger partial charge on any atom is -0.489 e. The number of rotatable bonds is 3. The predicted octanol–water partition coefficient (Wildman–Crippen LogP) is 4.01. The summed E-state index contributed by atoms with van der Waals surface area (Å²) in [4.78, 5) is 0. The quantitative estimate of drug-likeness (QED) is 0.894. The van der Waals surface area contributed by atoms with E-state index in [1.807, 2.05) is 6.92 Å². The Morgan fingerprint density at radius 2 is 1.37 bits per heavy atom. The van der Waals surface area contributed by atoms with Crippen molar-refractivity contribution in [3.05, 3.63) is 29.3 Å². The third-order valence-corrected chi connectivity index (χ3v) is 3.31. The van der Waals surface area contributed by atoms with Crippen LogP contribution in [0.4, 0.5) is 0 Å². The first-order valence-corrected chi connectivity index (χ1v) is 7.07. The maximum absolute atomic E-state index is 5.91. The normalized spacial score (nSPS) is 14.3. The molecule has 0 aliphatic carbocycles. The summed E-state index contributed by atoms with van der Waals surface area (Å²) in [6.45, 7) is 15.9. The summed E-state index contributed by atoms with van der Waals surface area (Å²) in [7, 11) is 0. The van der Waals surface area contributed by atoms with Gasteiger partial charge < -0.3 is 10.5 Å². The Kier molecular flexibility index (Phi) is 4.67. The Bertz CT molecular complexity index is 392. The molecule has 0 fully saturated rings. The van der Waals surface area contributed by atoms with Crippen LogP contribution in [0.3, 0.4) is 0 Å². The van der Waals surface area contributed by atoms with Gasteiger partial charge in [0.05, 0.1) is 0 Å². The largest absolute Gasteiger partial charge is 0.489 e. The van der Waals surface area contributed by atoms with Crippen LogP contribution in [-0.2, 0) is 10.8 Å². The van der Waals surface area contributed by atoms with Crippen LogP contribution < -0.4 is 10.5 Å². The third-order valence-electron chi connectivity index (χ3n) is 3.31. The first-order valence-electron chi connectivity index (χ1n) is 7.07. The van der Waals surface area contributed by atoms with Crippen LogP contribution in [0.2, 0.25) is 0 Å². The minimum atomic E-state index is 0.0445. The highest BCUT2D eigenvalue weighted by Gasteiger charge is 2.21. The molecule has 108 valence electrons. The van der Waals surface area contributed by atoms with E-state index in [0.717, 1.165) is 5.75 Å². The van der Waals surface area contributed by atoms with E-state index in [-0.39, 0.29) is 16.9 Å². The van der Waals surface area contributed by atoms with Crippen LogP contribution in [0.1, 0.15) is 59.6 Å². The molecular formula is C17H29NO. The van der Waals surface area contributed by atoms with Crippen molar-refractivity contribution < 1.29 is 4.74 Å². The van der Waals surface area contributed by atoms with Crippen molar-refractivity contribution in [1.29, 1.82) is 0 Å². The molecule has 0 bridgehead atoms. The van der Waals surface area contributed by atoms with Crippen LogP contribution in [-0.4, -0.2) is 12.6 Å². The fourth-order valence-corrected chi connectivity index (χ4v) is 1.81. The lowest BCUT2D eigenvalue weighted by Gasteiger charge is -2.26. The number of hydrogen-bond acceptors (Lipinski definition) is 2. The van der Waals surface area contributed by atoms with Gasteiger partial charge in [0.1, 0.15) is 11.9 Å². The number of benzene rings is 1. The molecule has 2 N–H and O–H groups in total. The van der Waals surface area contributed by atoms with Gasteiger partial charge in [-0.3, -0.25) is 0 Å². The van der Waals surface area contributed by atoms with Gasteiger partial charge in [0.15, 0.2) is 0 Å². The average Bonchev–Trinajstić information content (AvgIpc) is 2.26. The highest BCUT2D eigenvalue weighted by Crippen LogP contribution is 2.33. The maximum Gasteiger partial charge on any atom is 0.120 e. The van der Waals surface area contributed by atoms with Crippen molar-refractivity contribution in [3.8, 4) is 5.75 Å². The van der Waals surface area contributed by atoms with Gasteiger partial charge in [0, 0.05) is 6.54 Å². The summed E-state index contributed by atoms with van der Waals surface area (Å²) >= 11 is 0. The van der Waals surface area contributed by atoms with Gasteiger partial charge in [-0.25, -0.2) is 0 Å². The lowest BCUT2D eigenvalue weighted by atomic mass is 9.80. The second-order valence-corrected chi connectivity index (χ2v) is 7.41. The molecule has 0 aliphatic heterocycles. The van der Waals surface area contributed by atoms with Gasteiger partial charge >= 0.3 is 0 Å². The third kappa shape index (κ3) is 4.54. The number of nitrogens with two attached hydrogens (primary N) is 1. The Hall–Kier alpha value is -1.02. The van der Waals surface area contributed by atoms with E-state index in [1.165, 1.54) is 11.1 Å². The molecule has 0 saturated carbocycles. The summed E-state index contributed by atoms with van der Waals surface area (Å²) in [5.41, 5.74) is 8.48. The molecule has 0 spiro atoms. The molecule has 0 radical (unpaired) electrons. The van der Waals surface area contributed by atoms with Gasteiger partial charge in [0.25, 0.3) is 0 Å². The summed E-state index contributed by atoms with van der Waals surface area (Å²) in [6.07, 6.45) is 0.0445. The van der Waals surface area contributed by atoms with E-state index < -0.39 is 0 Å². The van der Waals surface area contributed by atoms with Gasteiger partial charge in [-0.2, -0.15) is 0 Å². The standard InChI is InChI=1S/C17H29NO/c1-12(11-18)19-15-9-13(16(2,3)4)8-14(10-15)17(5,6)7/h8-10,12H,11,18H2,1-7H3. The molecule has 1 aromatic carbocycles. The van der Waals surface area contributed by atoms with Crippen molar-refractivity contribution in [2.24, 2.45) is 5.73 Å². The lowest BCUT2D eigenvalue weighted by molar-refractivity contribution is 0.229. The monoisotopic (exact) mass is 263 g/mol. The number of hydrogen-bond donors (Lipinski definition) is 1. The van der Waals surface area contributed by atoms with Crippen molar-refractivity contribution in [1.82, 2.24) is 0 Å². The molecule has 2 nitrogen and oxygen atoms in total. The van der Waals surface area contributed by atoms with Crippen molar-refractivity contribution in [2.45, 2.75) is 65.4 Å². The highest BCUT2D eigenvalue weighted by atomic mass is 16.5. The second-order valence-electron chi connectivity index (χ2n) is 7.41. The molecule has 2 heteroatoms. The van der Waals surface area contributed by atoms with E-state index in [9.17, 15) is 0 Å². The SMILES string of the molecule is CC(CN)Oc1cc(C(C)(C)C)cc(C(C)(C)C)c1. The summed E-state index contributed by atoms with van der Waals surface area (Å²) in [5.74, 6) is 0.926. The smallest absolute Gasteiger partial charge is 0.120 e. The van der Waals surface area contributed by atoms with E-state index in [0.29, 0.717) is 6.54 Å². The first-order chi connectivity index (χ1) is 8.54. The maximum atomic E-state index is 5.91. The van der Waals surface area contributed by atoms with Crippen LogP contribution >= 0.6 is 0 Å². The Labute approximate surface area is 118 Å². The summed E-state index contributed by atoms with van der Waals surface area (Å²) in [6, 6.07) is 6.57. The van der Waals surface area contributed by atoms with E-state index in [1.54, 1.807) is 0 Å². The van der Waals surface area contributed by atoms with Crippen molar-refractivity contribution in [2.75, 3.05) is 6.54 Å². The average molecular weight is 263 g/mol. The van der Waals surface area contributed by atoms with Gasteiger partial charge in [-0.15, -0.1) is 0 Å². The van der Waals surface area contributed by atoms with Gasteiger partial charge in [-0.05, 0) is 41.0 Å². The molecule has 19 heavy (non-hydrogen) atoms. The molecule has 0 amide bonds. The molecule has 1 atom stereocenters. The molecule has 0 saturated heterocycles. The van der Waals surface area contributed by atoms with Crippen LogP contribution in [0.15, 0.2) is 18.2 Å². The second kappa shape index (κ2) is 5.54. The zero-order chi connectivity index (χ0) is 14.8. The Morgan fingerprint density at radius 1 is 0.947 bits per heavy atom. The Morgan fingerprint density at radius 3 is 1.68 bits per heavy atom. The lowest BCUT2D eigenvalue weighted by Crippen LogP contribution is -2.24. The fourth-order valence-electron chi connectivity index (χ4n) is 1.81. The molecular weight excluding hydrogens is 234 g/mol. The van der Waals surface area contributed by atoms with E-state index in [2.05, 4.69) is 59.7 Å². The summed E-state index contributed by atoms with van der Waals surface area (Å²) in [5, 5.41) is 0. The van der Waals surface area contributed by atoms with Crippen LogP contribution in [0.5, 0.6) is 5.75 Å². The van der Waals surface area contributed by atoms with E-state index >= 15 is 0 Å². The zero-order valence-electron chi connectivity index (χ0n) is 13.5. The molecule has 1 unspecified atom stereocenters.